The third kappa shape index (κ3) is 6.14. The Kier molecular flexibility index (Phi) is 7.23. The van der Waals surface area contributed by atoms with Crippen molar-refractivity contribution in [1.29, 1.82) is 0 Å². The van der Waals surface area contributed by atoms with Gasteiger partial charge in [-0.15, -0.1) is 0 Å². The second-order valence-electron chi connectivity index (χ2n) is 7.58. The molecule has 33 heavy (non-hydrogen) atoms. The number of esters is 1. The first-order valence-electron chi connectivity index (χ1n) is 10.8. The van der Waals surface area contributed by atoms with Gasteiger partial charge in [0.15, 0.2) is 6.61 Å². The van der Waals surface area contributed by atoms with E-state index in [1.54, 1.807) is 12.3 Å². The average molecular weight is 437 g/mol. The van der Waals surface area contributed by atoms with Crippen LogP contribution in [0.15, 0.2) is 103 Å². The number of hydrogen-bond donors (Lipinski definition) is 1. The van der Waals surface area contributed by atoms with Crippen LogP contribution in [0.25, 0.3) is 17.0 Å². The van der Waals surface area contributed by atoms with E-state index in [0.717, 1.165) is 27.6 Å². The van der Waals surface area contributed by atoms with Crippen molar-refractivity contribution in [3.63, 3.8) is 0 Å². The van der Waals surface area contributed by atoms with Crippen LogP contribution in [-0.4, -0.2) is 23.5 Å². The number of ether oxygens (including phenoxy) is 1. The molecule has 1 amide bonds. The molecule has 5 heteroatoms. The SMILES string of the molecule is O=C(COC(=O)/C=C/c1cccc2cccnc12)NC(Cc1ccccc1)c1ccccc1. The summed E-state index contributed by atoms with van der Waals surface area (Å²) in [6.07, 6.45) is 5.31. The van der Waals surface area contributed by atoms with Gasteiger partial charge in [0.05, 0.1) is 11.6 Å². The number of carbonyl (C=O) groups is 2. The summed E-state index contributed by atoms with van der Waals surface area (Å²) in [5.41, 5.74) is 3.70. The molecule has 0 radical (unpaired) electrons. The Morgan fingerprint density at radius 2 is 1.61 bits per heavy atom. The van der Waals surface area contributed by atoms with Crippen molar-refractivity contribution in [3.05, 3.63) is 120 Å². The van der Waals surface area contributed by atoms with Gasteiger partial charge in [-0.25, -0.2) is 4.79 Å². The highest BCUT2D eigenvalue weighted by Crippen LogP contribution is 2.19. The monoisotopic (exact) mass is 436 g/mol. The smallest absolute Gasteiger partial charge is 0.331 e. The van der Waals surface area contributed by atoms with Gasteiger partial charge >= 0.3 is 5.97 Å². The lowest BCUT2D eigenvalue weighted by atomic mass is 9.99. The Morgan fingerprint density at radius 1 is 0.879 bits per heavy atom. The summed E-state index contributed by atoms with van der Waals surface area (Å²) >= 11 is 0. The molecule has 5 nitrogen and oxygen atoms in total. The maximum Gasteiger partial charge on any atom is 0.331 e. The van der Waals surface area contributed by atoms with E-state index < -0.39 is 5.97 Å². The molecule has 1 aromatic heterocycles. The van der Waals surface area contributed by atoms with Crippen LogP contribution in [0.3, 0.4) is 0 Å². The third-order valence-corrected chi connectivity index (χ3v) is 5.23. The number of aromatic nitrogens is 1. The fraction of sp³-hybridized carbons (Fsp3) is 0.107. The van der Waals surface area contributed by atoms with Crippen LogP contribution in [0.1, 0.15) is 22.7 Å². The molecule has 1 heterocycles. The van der Waals surface area contributed by atoms with E-state index in [0.29, 0.717) is 6.42 Å². The molecule has 1 unspecified atom stereocenters. The lowest BCUT2D eigenvalue weighted by Crippen LogP contribution is -2.33. The summed E-state index contributed by atoms with van der Waals surface area (Å²) in [6.45, 7) is -0.352. The van der Waals surface area contributed by atoms with Gasteiger partial charge in [0.1, 0.15) is 0 Å². The average Bonchev–Trinajstić information content (AvgIpc) is 2.87. The molecule has 0 fully saturated rings. The zero-order chi connectivity index (χ0) is 22.9. The van der Waals surface area contributed by atoms with Crippen LogP contribution in [-0.2, 0) is 20.7 Å². The van der Waals surface area contributed by atoms with Gasteiger partial charge in [-0.05, 0) is 29.7 Å². The van der Waals surface area contributed by atoms with Crippen LogP contribution in [0.5, 0.6) is 0 Å². The number of benzene rings is 3. The third-order valence-electron chi connectivity index (χ3n) is 5.23. The van der Waals surface area contributed by atoms with E-state index >= 15 is 0 Å². The molecule has 0 aliphatic heterocycles. The Hall–Kier alpha value is -4.25. The predicted octanol–water partition coefficient (Wildman–Crippen LogP) is 4.89. The van der Waals surface area contributed by atoms with Gasteiger partial charge in [0.2, 0.25) is 0 Å². The quantitative estimate of drug-likeness (QED) is 0.315. The molecule has 0 aliphatic rings. The van der Waals surface area contributed by atoms with Crippen LogP contribution >= 0.6 is 0 Å². The zero-order valence-electron chi connectivity index (χ0n) is 18.1. The molecule has 0 saturated carbocycles. The molecular formula is C28H24N2O3. The number of amides is 1. The molecule has 4 aromatic rings. The first kappa shape index (κ1) is 22.0. The van der Waals surface area contributed by atoms with Crippen molar-refractivity contribution < 1.29 is 14.3 Å². The van der Waals surface area contributed by atoms with Crippen molar-refractivity contribution in [3.8, 4) is 0 Å². The standard InChI is InChI=1S/C28H24N2O3/c31-26(30-25(22-11-5-2-6-12-22)19-21-9-3-1-4-10-21)20-33-27(32)17-16-24-14-7-13-23-15-8-18-29-28(23)24/h1-18,25H,19-20H2,(H,30,31)/b17-16+. The molecule has 1 N–H and O–H groups in total. The van der Waals surface area contributed by atoms with E-state index in [-0.39, 0.29) is 18.6 Å². The van der Waals surface area contributed by atoms with Crippen molar-refractivity contribution >= 4 is 28.9 Å². The van der Waals surface area contributed by atoms with Crippen LogP contribution in [0, 0.1) is 0 Å². The highest BCUT2D eigenvalue weighted by molar-refractivity contribution is 5.93. The second kappa shape index (κ2) is 10.9. The molecular weight excluding hydrogens is 412 g/mol. The van der Waals surface area contributed by atoms with Gasteiger partial charge in [0.25, 0.3) is 5.91 Å². The second-order valence-corrected chi connectivity index (χ2v) is 7.58. The number of rotatable bonds is 8. The Labute approximate surface area is 192 Å². The lowest BCUT2D eigenvalue weighted by molar-refractivity contribution is -0.144. The molecule has 0 aliphatic carbocycles. The van der Waals surface area contributed by atoms with Gasteiger partial charge in [-0.3, -0.25) is 9.78 Å². The van der Waals surface area contributed by atoms with Gasteiger partial charge in [-0.2, -0.15) is 0 Å². The maximum atomic E-state index is 12.5. The zero-order valence-corrected chi connectivity index (χ0v) is 18.1. The lowest BCUT2D eigenvalue weighted by Gasteiger charge is -2.19. The highest BCUT2D eigenvalue weighted by atomic mass is 16.5. The summed E-state index contributed by atoms with van der Waals surface area (Å²) in [4.78, 5) is 29.1. The molecule has 0 bridgehead atoms. The van der Waals surface area contributed by atoms with Crippen molar-refractivity contribution in [2.24, 2.45) is 0 Å². The van der Waals surface area contributed by atoms with E-state index in [4.69, 9.17) is 4.74 Å². The molecule has 1 atom stereocenters. The summed E-state index contributed by atoms with van der Waals surface area (Å²) < 4.78 is 5.17. The van der Waals surface area contributed by atoms with Gasteiger partial charge < -0.3 is 10.1 Å². The summed E-state index contributed by atoms with van der Waals surface area (Å²) in [7, 11) is 0. The fourth-order valence-corrected chi connectivity index (χ4v) is 3.63. The van der Waals surface area contributed by atoms with Crippen molar-refractivity contribution in [2.75, 3.05) is 6.61 Å². The van der Waals surface area contributed by atoms with E-state index in [9.17, 15) is 9.59 Å². The summed E-state index contributed by atoms with van der Waals surface area (Å²) in [5.74, 6) is -0.939. The number of fused-ring (bicyclic) bond motifs is 1. The van der Waals surface area contributed by atoms with Gasteiger partial charge in [0, 0.05) is 23.2 Å². The molecule has 3 aromatic carbocycles. The number of pyridine rings is 1. The number of para-hydroxylation sites is 1. The molecule has 0 spiro atoms. The highest BCUT2D eigenvalue weighted by Gasteiger charge is 2.16. The minimum absolute atomic E-state index is 0.225. The normalized spacial score (nSPS) is 11.9. The fourth-order valence-electron chi connectivity index (χ4n) is 3.63. The number of hydrogen-bond acceptors (Lipinski definition) is 4. The topological polar surface area (TPSA) is 68.3 Å². The number of nitrogens with zero attached hydrogens (tertiary/aromatic N) is 1. The van der Waals surface area contributed by atoms with Gasteiger partial charge in [-0.1, -0.05) is 84.9 Å². The van der Waals surface area contributed by atoms with Crippen LogP contribution in [0.4, 0.5) is 0 Å². The van der Waals surface area contributed by atoms with Crippen molar-refractivity contribution in [1.82, 2.24) is 10.3 Å². The Bertz CT molecular complexity index is 1250. The minimum atomic E-state index is -0.586. The number of nitrogens with one attached hydrogen (secondary N) is 1. The van der Waals surface area contributed by atoms with E-state index in [1.165, 1.54) is 6.08 Å². The molecule has 164 valence electrons. The van der Waals surface area contributed by atoms with Crippen LogP contribution < -0.4 is 5.32 Å². The van der Waals surface area contributed by atoms with E-state index in [2.05, 4.69) is 10.3 Å². The molecule has 0 saturated heterocycles. The number of carbonyl (C=O) groups excluding carboxylic acids is 2. The van der Waals surface area contributed by atoms with Crippen molar-refractivity contribution in [2.45, 2.75) is 12.5 Å². The molecule has 4 rings (SSSR count). The Morgan fingerprint density at radius 3 is 2.39 bits per heavy atom. The summed E-state index contributed by atoms with van der Waals surface area (Å²) in [5, 5.41) is 3.97. The summed E-state index contributed by atoms with van der Waals surface area (Å²) in [6, 6.07) is 29.0. The van der Waals surface area contributed by atoms with Crippen LogP contribution in [0.2, 0.25) is 0 Å². The first-order valence-corrected chi connectivity index (χ1v) is 10.8. The maximum absolute atomic E-state index is 12.5. The minimum Gasteiger partial charge on any atom is -0.452 e. The largest absolute Gasteiger partial charge is 0.452 e. The predicted molar refractivity (Wildman–Crippen MR) is 129 cm³/mol. The first-order chi connectivity index (χ1) is 16.2. The van der Waals surface area contributed by atoms with E-state index in [1.807, 2.05) is 91.0 Å². The Balaban J connectivity index is 1.36.